The van der Waals surface area contributed by atoms with Crippen LogP contribution >= 0.6 is 0 Å². The average molecular weight is 411 g/mol. The Labute approximate surface area is 164 Å². The number of benzene rings is 1. The molecule has 1 atom stereocenters. The van der Waals surface area contributed by atoms with Gasteiger partial charge in [0, 0.05) is 0 Å². The van der Waals surface area contributed by atoms with Crippen molar-refractivity contribution < 1.29 is 42.2 Å². The highest BCUT2D eigenvalue weighted by Crippen LogP contribution is 2.35. The van der Waals surface area contributed by atoms with Crippen LogP contribution in [0, 0.1) is 5.41 Å². The Morgan fingerprint density at radius 2 is 1.52 bits per heavy atom. The molecule has 1 aromatic carbocycles. The largest absolute Gasteiger partial charge is 0.466 e. The number of hydrogen-bond donors (Lipinski definition) is 0. The van der Waals surface area contributed by atoms with Crippen LogP contribution in [0.3, 0.4) is 0 Å². The van der Waals surface area contributed by atoms with Crippen LogP contribution in [0.15, 0.2) is 24.3 Å². The fourth-order valence-corrected chi connectivity index (χ4v) is 2.94. The summed E-state index contributed by atoms with van der Waals surface area (Å²) in [5.41, 5.74) is -3.18. The van der Waals surface area contributed by atoms with E-state index in [1.165, 1.54) is 38.1 Å². The third-order valence-electron chi connectivity index (χ3n) is 4.42. The van der Waals surface area contributed by atoms with Crippen molar-refractivity contribution in [3.63, 3.8) is 0 Å². The average Bonchev–Trinajstić information content (AvgIpc) is 2.91. The zero-order chi connectivity index (χ0) is 21.8. The lowest BCUT2D eigenvalue weighted by Crippen LogP contribution is -2.52. The summed E-state index contributed by atoms with van der Waals surface area (Å²) in [5, 5.41) is 0. The Bertz CT molecular complexity index is 820. The standard InChI is InChI=1S/C19H19F2NO7/c1-3-28-14(24)9-19(17(20)21,18(27)29-4-2)13(23)10-22-15(25)11-7-5-6-8-12(11)16(22)26/h5-8,17H,3-4,9-10H2,1-2H3. The van der Waals surface area contributed by atoms with Crippen LogP contribution in [0.2, 0.25) is 0 Å². The first-order valence-electron chi connectivity index (χ1n) is 8.80. The second kappa shape index (κ2) is 8.89. The van der Waals surface area contributed by atoms with Gasteiger partial charge in [0.25, 0.3) is 18.2 Å². The van der Waals surface area contributed by atoms with Crippen molar-refractivity contribution in [2.75, 3.05) is 19.8 Å². The van der Waals surface area contributed by atoms with Gasteiger partial charge in [-0.1, -0.05) is 12.1 Å². The van der Waals surface area contributed by atoms with Gasteiger partial charge in [-0.2, -0.15) is 0 Å². The number of ether oxygens (including phenoxy) is 2. The molecule has 0 N–H and O–H groups in total. The molecule has 2 rings (SSSR count). The molecule has 156 valence electrons. The molecule has 0 bridgehead atoms. The molecule has 1 unspecified atom stereocenters. The number of carbonyl (C=O) groups is 5. The predicted molar refractivity (Wildman–Crippen MR) is 93.1 cm³/mol. The highest BCUT2D eigenvalue weighted by molar-refractivity contribution is 6.23. The number of amides is 2. The zero-order valence-corrected chi connectivity index (χ0v) is 15.8. The number of halogens is 2. The maximum atomic E-state index is 14.0. The zero-order valence-electron chi connectivity index (χ0n) is 15.8. The molecule has 0 aliphatic carbocycles. The molecule has 8 nitrogen and oxygen atoms in total. The summed E-state index contributed by atoms with van der Waals surface area (Å²) in [4.78, 5) is 62.3. The highest BCUT2D eigenvalue weighted by atomic mass is 19.3. The minimum atomic E-state index is -3.63. The summed E-state index contributed by atoms with van der Waals surface area (Å²) < 4.78 is 37.2. The molecule has 1 aliphatic rings. The summed E-state index contributed by atoms with van der Waals surface area (Å²) in [6.07, 6.45) is -4.91. The van der Waals surface area contributed by atoms with Crippen LogP contribution in [-0.4, -0.2) is 60.6 Å². The van der Waals surface area contributed by atoms with E-state index in [0.717, 1.165) is 0 Å². The van der Waals surface area contributed by atoms with Gasteiger partial charge in [-0.3, -0.25) is 28.9 Å². The first-order chi connectivity index (χ1) is 13.7. The van der Waals surface area contributed by atoms with Crippen LogP contribution in [-0.2, 0) is 23.9 Å². The number of esters is 2. The van der Waals surface area contributed by atoms with Gasteiger partial charge in [-0.05, 0) is 26.0 Å². The van der Waals surface area contributed by atoms with Crippen LogP contribution in [0.1, 0.15) is 41.0 Å². The third-order valence-corrected chi connectivity index (χ3v) is 4.42. The molecule has 1 heterocycles. The van der Waals surface area contributed by atoms with E-state index in [1.807, 2.05) is 0 Å². The maximum Gasteiger partial charge on any atom is 0.326 e. The van der Waals surface area contributed by atoms with Gasteiger partial charge in [0.1, 0.15) is 0 Å². The Morgan fingerprint density at radius 1 is 1.00 bits per heavy atom. The Balaban J connectivity index is 2.39. The molecular weight excluding hydrogens is 392 g/mol. The SMILES string of the molecule is CCOC(=O)CC(C(=O)CN1C(=O)c2ccccc2C1=O)(C(=O)OCC)C(F)F. The number of nitrogens with zero attached hydrogens (tertiary/aromatic N) is 1. The van der Waals surface area contributed by atoms with Gasteiger partial charge in [0.2, 0.25) is 0 Å². The lowest BCUT2D eigenvalue weighted by atomic mass is 9.79. The van der Waals surface area contributed by atoms with Crippen molar-refractivity contribution >= 4 is 29.5 Å². The van der Waals surface area contributed by atoms with E-state index < -0.39 is 54.3 Å². The first kappa shape index (κ1) is 22.1. The van der Waals surface area contributed by atoms with E-state index in [0.29, 0.717) is 4.90 Å². The van der Waals surface area contributed by atoms with Crippen LogP contribution < -0.4 is 0 Å². The molecule has 0 saturated carbocycles. The number of hydrogen-bond acceptors (Lipinski definition) is 7. The van der Waals surface area contributed by atoms with E-state index in [1.54, 1.807) is 0 Å². The number of carbonyl (C=O) groups excluding carboxylic acids is 5. The Hall–Kier alpha value is -3.17. The second-order valence-electron chi connectivity index (χ2n) is 6.14. The highest BCUT2D eigenvalue weighted by Gasteiger charge is 2.58. The Kier molecular flexibility index (Phi) is 6.78. The van der Waals surface area contributed by atoms with Crippen molar-refractivity contribution in [1.29, 1.82) is 0 Å². The molecule has 1 aliphatic heterocycles. The second-order valence-corrected chi connectivity index (χ2v) is 6.14. The van der Waals surface area contributed by atoms with E-state index in [2.05, 4.69) is 9.47 Å². The summed E-state index contributed by atoms with van der Waals surface area (Å²) in [6.45, 7) is 1.17. The smallest absolute Gasteiger partial charge is 0.326 e. The number of imide groups is 1. The van der Waals surface area contributed by atoms with E-state index in [-0.39, 0.29) is 24.3 Å². The van der Waals surface area contributed by atoms with Crippen molar-refractivity contribution in [3.05, 3.63) is 35.4 Å². The first-order valence-corrected chi connectivity index (χ1v) is 8.80. The topological polar surface area (TPSA) is 107 Å². The van der Waals surface area contributed by atoms with Gasteiger partial charge in [-0.25, -0.2) is 8.78 Å². The normalized spacial score (nSPS) is 15.1. The molecule has 29 heavy (non-hydrogen) atoms. The Morgan fingerprint density at radius 3 is 1.97 bits per heavy atom. The van der Waals surface area contributed by atoms with Crippen molar-refractivity contribution in [1.82, 2.24) is 4.90 Å². The molecule has 2 amide bonds. The summed E-state index contributed by atoms with van der Waals surface area (Å²) in [6, 6.07) is 5.70. The van der Waals surface area contributed by atoms with Gasteiger partial charge in [0.15, 0.2) is 11.2 Å². The van der Waals surface area contributed by atoms with Crippen molar-refractivity contribution in [2.45, 2.75) is 26.7 Å². The van der Waals surface area contributed by atoms with E-state index >= 15 is 0 Å². The van der Waals surface area contributed by atoms with Crippen LogP contribution in [0.25, 0.3) is 0 Å². The molecule has 10 heteroatoms. The van der Waals surface area contributed by atoms with Crippen LogP contribution in [0.5, 0.6) is 0 Å². The molecule has 1 aromatic rings. The lowest BCUT2D eigenvalue weighted by molar-refractivity contribution is -0.177. The van der Waals surface area contributed by atoms with Gasteiger partial charge >= 0.3 is 11.9 Å². The molecular formula is C19H19F2NO7. The summed E-state index contributed by atoms with van der Waals surface area (Å²) >= 11 is 0. The number of rotatable bonds is 9. The monoisotopic (exact) mass is 411 g/mol. The lowest BCUT2D eigenvalue weighted by Gasteiger charge is -2.29. The molecule has 0 aromatic heterocycles. The summed E-state index contributed by atoms with van der Waals surface area (Å²) in [5.74, 6) is -6.04. The van der Waals surface area contributed by atoms with Crippen molar-refractivity contribution in [2.24, 2.45) is 5.41 Å². The molecule has 0 spiro atoms. The van der Waals surface area contributed by atoms with Gasteiger partial charge in [-0.15, -0.1) is 0 Å². The third kappa shape index (κ3) is 4.01. The van der Waals surface area contributed by atoms with E-state index in [4.69, 9.17) is 0 Å². The quantitative estimate of drug-likeness (QED) is 0.345. The number of Topliss-reactive ketones (excluding diaryl/α,β-unsaturated/α-hetero) is 1. The number of fused-ring (bicyclic) bond motifs is 1. The summed E-state index contributed by atoms with van der Waals surface area (Å²) in [7, 11) is 0. The van der Waals surface area contributed by atoms with E-state index in [9.17, 15) is 32.8 Å². The number of alkyl halides is 2. The molecule has 0 fully saturated rings. The maximum absolute atomic E-state index is 14.0. The fourth-order valence-electron chi connectivity index (χ4n) is 2.94. The van der Waals surface area contributed by atoms with Crippen molar-refractivity contribution in [3.8, 4) is 0 Å². The number of ketones is 1. The molecule has 0 radical (unpaired) electrons. The van der Waals surface area contributed by atoms with Gasteiger partial charge in [0.05, 0.1) is 37.3 Å². The van der Waals surface area contributed by atoms with Gasteiger partial charge < -0.3 is 9.47 Å². The molecule has 0 saturated heterocycles. The fraction of sp³-hybridized carbons (Fsp3) is 0.421. The minimum Gasteiger partial charge on any atom is -0.466 e. The van der Waals surface area contributed by atoms with Crippen LogP contribution in [0.4, 0.5) is 8.78 Å². The predicted octanol–water partition coefficient (Wildman–Crippen LogP) is 1.62. The minimum absolute atomic E-state index is 0.00877.